The van der Waals surface area contributed by atoms with Crippen LogP contribution in [-0.2, 0) is 9.53 Å². The van der Waals surface area contributed by atoms with Crippen molar-refractivity contribution in [2.45, 2.75) is 24.5 Å². The summed E-state index contributed by atoms with van der Waals surface area (Å²) >= 11 is 0. The van der Waals surface area contributed by atoms with Crippen molar-refractivity contribution in [3.63, 3.8) is 0 Å². The van der Waals surface area contributed by atoms with E-state index in [0.717, 1.165) is 5.82 Å². The highest BCUT2D eigenvalue weighted by atomic mass is 19.1. The standard InChI is InChI=1S/C19H26FN5O3/c1-22(2)13-17(26)24-9-10-25-15(12-24)19(28-18(25)27)5-7-23(8-6-19)16-4-3-14(20)11-21-16/h3-4,11,15H,5-10,12-13H2,1-2H3. The van der Waals surface area contributed by atoms with E-state index in [1.165, 1.54) is 12.3 Å². The van der Waals surface area contributed by atoms with Gasteiger partial charge in [-0.15, -0.1) is 0 Å². The summed E-state index contributed by atoms with van der Waals surface area (Å²) in [5, 5.41) is 0. The number of anilines is 1. The minimum absolute atomic E-state index is 0.0760. The fraction of sp³-hybridized carbons (Fsp3) is 0.632. The monoisotopic (exact) mass is 391 g/mol. The molecule has 8 nitrogen and oxygen atoms in total. The van der Waals surface area contributed by atoms with E-state index in [9.17, 15) is 14.0 Å². The summed E-state index contributed by atoms with van der Waals surface area (Å²) in [6.45, 7) is 3.25. The summed E-state index contributed by atoms with van der Waals surface area (Å²) in [4.78, 5) is 36.7. The third-order valence-corrected chi connectivity index (χ3v) is 5.96. The Morgan fingerprint density at radius 3 is 2.68 bits per heavy atom. The lowest BCUT2D eigenvalue weighted by Crippen LogP contribution is -2.62. The molecule has 1 atom stereocenters. The summed E-state index contributed by atoms with van der Waals surface area (Å²) in [6, 6.07) is 2.95. The lowest BCUT2D eigenvalue weighted by molar-refractivity contribution is -0.135. The Kier molecular flexibility index (Phi) is 4.86. The Morgan fingerprint density at radius 2 is 2.04 bits per heavy atom. The minimum Gasteiger partial charge on any atom is -0.440 e. The molecule has 4 heterocycles. The van der Waals surface area contributed by atoms with E-state index in [1.54, 1.807) is 11.0 Å². The summed E-state index contributed by atoms with van der Waals surface area (Å²) < 4.78 is 19.0. The van der Waals surface area contributed by atoms with Crippen LogP contribution >= 0.6 is 0 Å². The van der Waals surface area contributed by atoms with Crippen LogP contribution in [0.2, 0.25) is 0 Å². The molecule has 1 unspecified atom stereocenters. The van der Waals surface area contributed by atoms with Crippen molar-refractivity contribution in [2.75, 3.05) is 58.3 Å². The van der Waals surface area contributed by atoms with Gasteiger partial charge < -0.3 is 19.4 Å². The fourth-order valence-electron chi connectivity index (χ4n) is 4.45. The molecule has 0 aliphatic carbocycles. The molecular formula is C19H26FN5O3. The molecule has 0 N–H and O–H groups in total. The molecule has 0 aromatic carbocycles. The van der Waals surface area contributed by atoms with Gasteiger partial charge in [0, 0.05) is 45.6 Å². The highest BCUT2D eigenvalue weighted by Crippen LogP contribution is 2.40. The smallest absolute Gasteiger partial charge is 0.410 e. The number of piperazine rings is 1. The number of carbonyl (C=O) groups excluding carboxylic acids is 2. The Hall–Kier alpha value is -2.42. The average molecular weight is 391 g/mol. The molecular weight excluding hydrogens is 365 g/mol. The number of nitrogens with zero attached hydrogens (tertiary/aromatic N) is 5. The fourth-order valence-corrected chi connectivity index (χ4v) is 4.45. The second kappa shape index (κ2) is 7.20. The average Bonchev–Trinajstić information content (AvgIpc) is 2.94. The minimum atomic E-state index is -0.579. The van der Waals surface area contributed by atoms with Crippen LogP contribution in [0.15, 0.2) is 18.3 Å². The van der Waals surface area contributed by atoms with E-state index in [2.05, 4.69) is 9.88 Å². The van der Waals surface area contributed by atoms with E-state index in [-0.39, 0.29) is 23.9 Å². The number of fused-ring (bicyclic) bond motifs is 2. The summed E-state index contributed by atoms with van der Waals surface area (Å²) in [7, 11) is 3.74. The van der Waals surface area contributed by atoms with Gasteiger partial charge in [-0.25, -0.2) is 14.2 Å². The molecule has 3 fully saturated rings. The van der Waals surface area contributed by atoms with E-state index < -0.39 is 5.60 Å². The molecule has 3 aliphatic heterocycles. The number of halogens is 1. The normalized spacial score (nSPS) is 23.9. The van der Waals surface area contributed by atoms with Gasteiger partial charge in [0.2, 0.25) is 5.91 Å². The molecule has 0 radical (unpaired) electrons. The van der Waals surface area contributed by atoms with Crippen LogP contribution in [0.1, 0.15) is 12.8 Å². The molecule has 4 rings (SSSR count). The number of rotatable bonds is 3. The molecule has 28 heavy (non-hydrogen) atoms. The number of hydrogen-bond donors (Lipinski definition) is 0. The largest absolute Gasteiger partial charge is 0.440 e. The summed E-state index contributed by atoms with van der Waals surface area (Å²) in [6.07, 6.45) is 2.26. The Morgan fingerprint density at radius 1 is 1.29 bits per heavy atom. The SMILES string of the molecule is CN(C)CC(=O)N1CCN2C(=O)OC3(CCN(c4ccc(F)cn4)CC3)C2C1. The third-order valence-electron chi connectivity index (χ3n) is 5.96. The van der Waals surface area contributed by atoms with Crippen molar-refractivity contribution in [3.8, 4) is 0 Å². The zero-order chi connectivity index (χ0) is 19.9. The first kappa shape index (κ1) is 18.9. The Labute approximate surface area is 163 Å². The van der Waals surface area contributed by atoms with Crippen molar-refractivity contribution in [3.05, 3.63) is 24.1 Å². The first-order chi connectivity index (χ1) is 13.4. The van der Waals surface area contributed by atoms with Crippen molar-refractivity contribution in [1.29, 1.82) is 0 Å². The van der Waals surface area contributed by atoms with Crippen LogP contribution in [0, 0.1) is 5.82 Å². The van der Waals surface area contributed by atoms with Gasteiger partial charge in [-0.2, -0.15) is 0 Å². The Balaban J connectivity index is 1.46. The Bertz CT molecular complexity index is 748. The van der Waals surface area contributed by atoms with E-state index in [4.69, 9.17) is 4.74 Å². The topological polar surface area (TPSA) is 69.2 Å². The van der Waals surface area contributed by atoms with Crippen molar-refractivity contribution in [1.82, 2.24) is 19.7 Å². The van der Waals surface area contributed by atoms with Gasteiger partial charge in [-0.3, -0.25) is 9.69 Å². The zero-order valence-electron chi connectivity index (χ0n) is 16.3. The highest BCUT2D eigenvalue weighted by Gasteiger charge is 2.56. The lowest BCUT2D eigenvalue weighted by Gasteiger charge is -2.45. The molecule has 0 bridgehead atoms. The summed E-state index contributed by atoms with van der Waals surface area (Å²) in [5.74, 6) is 0.443. The molecule has 3 aliphatic rings. The van der Waals surface area contributed by atoms with Crippen LogP contribution in [-0.4, -0.2) is 96.7 Å². The third kappa shape index (κ3) is 3.39. The molecule has 3 saturated heterocycles. The van der Waals surface area contributed by atoms with Crippen LogP contribution < -0.4 is 4.90 Å². The molecule has 152 valence electrons. The highest BCUT2D eigenvalue weighted by molar-refractivity contribution is 5.79. The first-order valence-corrected chi connectivity index (χ1v) is 9.67. The number of hydrogen-bond acceptors (Lipinski definition) is 6. The molecule has 1 aromatic heterocycles. The number of carbonyl (C=O) groups is 2. The summed E-state index contributed by atoms with van der Waals surface area (Å²) in [5.41, 5.74) is -0.579. The van der Waals surface area contributed by atoms with Crippen LogP contribution in [0.5, 0.6) is 0 Å². The van der Waals surface area contributed by atoms with Crippen molar-refractivity contribution in [2.24, 2.45) is 0 Å². The van der Waals surface area contributed by atoms with E-state index in [0.29, 0.717) is 52.1 Å². The van der Waals surface area contributed by atoms with Gasteiger partial charge >= 0.3 is 6.09 Å². The first-order valence-electron chi connectivity index (χ1n) is 9.67. The lowest BCUT2D eigenvalue weighted by atomic mass is 9.83. The number of likely N-dealkylation sites (N-methyl/N-ethyl adjacent to an activating group) is 1. The second-order valence-electron chi connectivity index (χ2n) is 8.04. The number of amides is 2. The van der Waals surface area contributed by atoms with Gasteiger partial charge in [-0.1, -0.05) is 0 Å². The molecule has 2 amide bonds. The maximum absolute atomic E-state index is 13.1. The molecule has 0 saturated carbocycles. The maximum atomic E-state index is 13.1. The number of ether oxygens (including phenoxy) is 1. The maximum Gasteiger partial charge on any atom is 0.410 e. The van der Waals surface area contributed by atoms with Gasteiger partial charge in [-0.05, 0) is 26.2 Å². The number of pyridine rings is 1. The quantitative estimate of drug-likeness (QED) is 0.759. The van der Waals surface area contributed by atoms with Gasteiger partial charge in [0.05, 0.1) is 18.8 Å². The van der Waals surface area contributed by atoms with Gasteiger partial charge in [0.1, 0.15) is 17.2 Å². The molecule has 9 heteroatoms. The second-order valence-corrected chi connectivity index (χ2v) is 8.04. The zero-order valence-corrected chi connectivity index (χ0v) is 16.3. The van der Waals surface area contributed by atoms with Crippen molar-refractivity contribution < 1.29 is 18.7 Å². The van der Waals surface area contributed by atoms with Gasteiger partial charge in [0.25, 0.3) is 0 Å². The van der Waals surface area contributed by atoms with E-state index >= 15 is 0 Å². The predicted molar refractivity (Wildman–Crippen MR) is 100 cm³/mol. The number of piperidine rings is 1. The number of aromatic nitrogens is 1. The van der Waals surface area contributed by atoms with E-state index in [1.807, 2.05) is 23.9 Å². The van der Waals surface area contributed by atoms with Crippen LogP contribution in [0.4, 0.5) is 15.0 Å². The predicted octanol–water partition coefficient (Wildman–Crippen LogP) is 0.784. The molecule has 1 spiro atoms. The van der Waals surface area contributed by atoms with Gasteiger partial charge in [0.15, 0.2) is 0 Å². The van der Waals surface area contributed by atoms with Crippen LogP contribution in [0.3, 0.4) is 0 Å². The molecule has 1 aromatic rings. The van der Waals surface area contributed by atoms with Crippen LogP contribution in [0.25, 0.3) is 0 Å². The van der Waals surface area contributed by atoms with Crippen molar-refractivity contribution >= 4 is 17.8 Å².